The standard InChI is InChI=1S/C24H33NO2/c1-2-3-4-5-6-7-8-9-10-14-24(26)27-20-21-15-17-22(18-16-21)23-13-11-12-19-25-23/h11-13,15-19H,2-10,14,20H2,1H3. The Balaban J connectivity index is 1.55. The number of ether oxygens (including phenoxy) is 1. The van der Waals surface area contributed by atoms with Crippen LogP contribution in [0.5, 0.6) is 0 Å². The average Bonchev–Trinajstić information content (AvgIpc) is 2.72. The van der Waals surface area contributed by atoms with Crippen molar-refractivity contribution in [3.05, 3.63) is 54.2 Å². The van der Waals surface area contributed by atoms with Gasteiger partial charge in [0.25, 0.3) is 0 Å². The Bertz CT molecular complexity index is 637. The fourth-order valence-electron chi connectivity index (χ4n) is 3.12. The molecule has 0 fully saturated rings. The lowest BCUT2D eigenvalue weighted by atomic mass is 10.1. The molecule has 0 saturated heterocycles. The van der Waals surface area contributed by atoms with E-state index in [-0.39, 0.29) is 5.97 Å². The molecule has 1 heterocycles. The first kappa shape index (κ1) is 21.1. The highest BCUT2D eigenvalue weighted by Crippen LogP contribution is 2.17. The van der Waals surface area contributed by atoms with Crippen LogP contribution in [-0.4, -0.2) is 11.0 Å². The lowest BCUT2D eigenvalue weighted by Gasteiger charge is -2.06. The van der Waals surface area contributed by atoms with Gasteiger partial charge in [0.05, 0.1) is 5.69 Å². The number of benzene rings is 1. The van der Waals surface area contributed by atoms with Gasteiger partial charge < -0.3 is 4.74 Å². The molecule has 1 aromatic carbocycles. The van der Waals surface area contributed by atoms with Crippen LogP contribution in [0.1, 0.15) is 76.7 Å². The normalized spacial score (nSPS) is 10.7. The zero-order chi connectivity index (χ0) is 19.2. The second-order valence-corrected chi connectivity index (χ2v) is 7.15. The van der Waals surface area contributed by atoms with Gasteiger partial charge >= 0.3 is 5.97 Å². The van der Waals surface area contributed by atoms with Gasteiger partial charge in [-0.05, 0) is 24.1 Å². The van der Waals surface area contributed by atoms with E-state index in [0.717, 1.165) is 29.7 Å². The van der Waals surface area contributed by atoms with Crippen LogP contribution in [0.2, 0.25) is 0 Å². The number of hydrogen-bond acceptors (Lipinski definition) is 3. The van der Waals surface area contributed by atoms with Crippen LogP contribution < -0.4 is 0 Å². The molecule has 0 bridgehead atoms. The second-order valence-electron chi connectivity index (χ2n) is 7.15. The Kier molecular flexibility index (Phi) is 10.2. The van der Waals surface area contributed by atoms with Gasteiger partial charge in [-0.2, -0.15) is 0 Å². The summed E-state index contributed by atoms with van der Waals surface area (Å²) in [6, 6.07) is 13.9. The molecule has 0 N–H and O–H groups in total. The van der Waals surface area contributed by atoms with Crippen LogP contribution in [0, 0.1) is 0 Å². The Morgan fingerprint density at radius 1 is 0.852 bits per heavy atom. The quantitative estimate of drug-likeness (QED) is 0.292. The van der Waals surface area contributed by atoms with Crippen molar-refractivity contribution in [2.45, 2.75) is 77.7 Å². The van der Waals surface area contributed by atoms with Crippen molar-refractivity contribution in [2.75, 3.05) is 0 Å². The number of nitrogens with zero attached hydrogens (tertiary/aromatic N) is 1. The van der Waals surface area contributed by atoms with Crippen LogP contribution in [0.4, 0.5) is 0 Å². The second kappa shape index (κ2) is 13.1. The molecular weight excluding hydrogens is 334 g/mol. The van der Waals surface area contributed by atoms with Crippen molar-refractivity contribution < 1.29 is 9.53 Å². The van der Waals surface area contributed by atoms with Gasteiger partial charge in [0.2, 0.25) is 0 Å². The molecule has 0 radical (unpaired) electrons. The third-order valence-electron chi connectivity index (χ3n) is 4.80. The summed E-state index contributed by atoms with van der Waals surface area (Å²) in [4.78, 5) is 16.2. The summed E-state index contributed by atoms with van der Waals surface area (Å²) < 4.78 is 5.39. The summed E-state index contributed by atoms with van der Waals surface area (Å²) in [6.45, 7) is 2.59. The number of unbranched alkanes of at least 4 members (excludes halogenated alkanes) is 8. The number of esters is 1. The molecule has 0 aliphatic heterocycles. The lowest BCUT2D eigenvalue weighted by Crippen LogP contribution is -2.04. The van der Waals surface area contributed by atoms with Crippen LogP contribution >= 0.6 is 0 Å². The summed E-state index contributed by atoms with van der Waals surface area (Å²) in [5.41, 5.74) is 3.03. The summed E-state index contributed by atoms with van der Waals surface area (Å²) >= 11 is 0. The van der Waals surface area contributed by atoms with E-state index in [1.54, 1.807) is 6.20 Å². The number of pyridine rings is 1. The first-order valence-corrected chi connectivity index (χ1v) is 10.5. The number of aromatic nitrogens is 1. The van der Waals surface area contributed by atoms with Gasteiger partial charge in [0, 0.05) is 18.2 Å². The molecule has 0 spiro atoms. The molecule has 0 atom stereocenters. The van der Waals surface area contributed by atoms with Crippen molar-refractivity contribution in [3.63, 3.8) is 0 Å². The number of rotatable bonds is 13. The number of hydrogen-bond donors (Lipinski definition) is 0. The van der Waals surface area contributed by atoms with E-state index in [0.29, 0.717) is 13.0 Å². The van der Waals surface area contributed by atoms with Crippen molar-refractivity contribution >= 4 is 5.97 Å². The van der Waals surface area contributed by atoms with Crippen LogP contribution in [-0.2, 0) is 16.1 Å². The largest absolute Gasteiger partial charge is 0.461 e. The molecule has 2 rings (SSSR count). The van der Waals surface area contributed by atoms with E-state index in [9.17, 15) is 4.79 Å². The van der Waals surface area contributed by atoms with Crippen molar-refractivity contribution in [1.29, 1.82) is 0 Å². The molecular formula is C24H33NO2. The van der Waals surface area contributed by atoms with E-state index in [4.69, 9.17) is 4.74 Å². The summed E-state index contributed by atoms with van der Waals surface area (Å²) in [5, 5.41) is 0. The third-order valence-corrected chi connectivity index (χ3v) is 4.80. The molecule has 0 unspecified atom stereocenters. The highest BCUT2D eigenvalue weighted by Gasteiger charge is 2.04. The van der Waals surface area contributed by atoms with Gasteiger partial charge in [-0.3, -0.25) is 9.78 Å². The third kappa shape index (κ3) is 8.85. The van der Waals surface area contributed by atoms with E-state index in [1.165, 1.54) is 44.9 Å². The van der Waals surface area contributed by atoms with Crippen molar-refractivity contribution in [2.24, 2.45) is 0 Å². The summed E-state index contributed by atoms with van der Waals surface area (Å²) in [5.74, 6) is -0.0910. The Morgan fingerprint density at radius 3 is 2.15 bits per heavy atom. The predicted octanol–water partition coefficient (Wildman–Crippen LogP) is 6.71. The maximum Gasteiger partial charge on any atom is 0.306 e. The van der Waals surface area contributed by atoms with E-state index in [2.05, 4.69) is 11.9 Å². The van der Waals surface area contributed by atoms with Gasteiger partial charge in [-0.1, -0.05) is 88.6 Å². The van der Waals surface area contributed by atoms with Gasteiger partial charge in [-0.25, -0.2) is 0 Å². The summed E-state index contributed by atoms with van der Waals surface area (Å²) in [7, 11) is 0. The molecule has 3 nitrogen and oxygen atoms in total. The zero-order valence-corrected chi connectivity index (χ0v) is 16.7. The molecule has 0 saturated carbocycles. The number of carbonyl (C=O) groups is 1. The van der Waals surface area contributed by atoms with E-state index < -0.39 is 0 Å². The highest BCUT2D eigenvalue weighted by atomic mass is 16.5. The molecule has 1 aromatic heterocycles. The molecule has 2 aromatic rings. The highest BCUT2D eigenvalue weighted by molar-refractivity contribution is 5.69. The van der Waals surface area contributed by atoms with Crippen LogP contribution in [0.25, 0.3) is 11.3 Å². The van der Waals surface area contributed by atoms with Gasteiger partial charge in [-0.15, -0.1) is 0 Å². The first-order valence-electron chi connectivity index (χ1n) is 10.5. The maximum absolute atomic E-state index is 11.9. The molecule has 0 aliphatic carbocycles. The smallest absolute Gasteiger partial charge is 0.306 e. The van der Waals surface area contributed by atoms with E-state index in [1.807, 2.05) is 42.5 Å². The SMILES string of the molecule is CCCCCCCCCCCC(=O)OCc1ccc(-c2ccccn2)cc1. The molecule has 27 heavy (non-hydrogen) atoms. The minimum atomic E-state index is -0.0910. The lowest BCUT2D eigenvalue weighted by molar-refractivity contribution is -0.145. The van der Waals surface area contributed by atoms with Gasteiger partial charge in [0.15, 0.2) is 0 Å². The predicted molar refractivity (Wildman–Crippen MR) is 111 cm³/mol. The minimum absolute atomic E-state index is 0.0910. The molecule has 0 amide bonds. The average molecular weight is 368 g/mol. The Labute approximate surface area is 164 Å². The van der Waals surface area contributed by atoms with Crippen molar-refractivity contribution in [3.8, 4) is 11.3 Å². The zero-order valence-electron chi connectivity index (χ0n) is 16.7. The minimum Gasteiger partial charge on any atom is -0.461 e. The Hall–Kier alpha value is -2.16. The first-order chi connectivity index (χ1) is 13.3. The number of carbonyl (C=O) groups excluding carboxylic acids is 1. The Morgan fingerprint density at radius 2 is 1.52 bits per heavy atom. The monoisotopic (exact) mass is 367 g/mol. The van der Waals surface area contributed by atoms with Crippen molar-refractivity contribution in [1.82, 2.24) is 4.98 Å². The fourth-order valence-corrected chi connectivity index (χ4v) is 3.12. The molecule has 0 aliphatic rings. The molecule has 3 heteroatoms. The van der Waals surface area contributed by atoms with Crippen LogP contribution in [0.15, 0.2) is 48.7 Å². The topological polar surface area (TPSA) is 39.2 Å². The van der Waals surface area contributed by atoms with Gasteiger partial charge in [0.1, 0.15) is 6.61 Å². The summed E-state index contributed by atoms with van der Waals surface area (Å²) in [6.07, 6.45) is 13.6. The fraction of sp³-hybridized carbons (Fsp3) is 0.500. The van der Waals surface area contributed by atoms with Crippen LogP contribution in [0.3, 0.4) is 0 Å². The maximum atomic E-state index is 11.9. The van der Waals surface area contributed by atoms with E-state index >= 15 is 0 Å². The molecule has 146 valence electrons.